The van der Waals surface area contributed by atoms with Crippen LogP contribution in [0.5, 0.6) is 0 Å². The Hall–Kier alpha value is -2.29. The minimum Gasteiger partial charge on any atom is -0.399 e. The first kappa shape index (κ1) is 14.1. The molecule has 0 saturated heterocycles. The highest BCUT2D eigenvalue weighted by molar-refractivity contribution is 6.04. The first-order valence-corrected chi connectivity index (χ1v) is 6.74. The third-order valence-electron chi connectivity index (χ3n) is 3.20. The van der Waals surface area contributed by atoms with Crippen molar-refractivity contribution in [2.24, 2.45) is 0 Å². The molecule has 0 unspecified atom stereocenters. The average Bonchev–Trinajstić information content (AvgIpc) is 2.38. The third kappa shape index (κ3) is 3.38. The van der Waals surface area contributed by atoms with E-state index in [1.54, 1.807) is 6.07 Å². The van der Waals surface area contributed by atoms with Gasteiger partial charge in [-0.15, -0.1) is 0 Å². The van der Waals surface area contributed by atoms with E-state index in [9.17, 15) is 4.79 Å². The van der Waals surface area contributed by atoms with Crippen molar-refractivity contribution in [2.75, 3.05) is 11.1 Å². The molecule has 20 heavy (non-hydrogen) atoms. The van der Waals surface area contributed by atoms with Crippen LogP contribution >= 0.6 is 0 Å². The fourth-order valence-electron chi connectivity index (χ4n) is 2.10. The molecule has 0 fully saturated rings. The van der Waals surface area contributed by atoms with Gasteiger partial charge in [-0.2, -0.15) is 0 Å². The molecule has 0 saturated carbocycles. The molecule has 3 heteroatoms. The van der Waals surface area contributed by atoms with Crippen LogP contribution in [0, 0.1) is 6.92 Å². The summed E-state index contributed by atoms with van der Waals surface area (Å²) in [7, 11) is 0. The van der Waals surface area contributed by atoms with Gasteiger partial charge >= 0.3 is 0 Å². The van der Waals surface area contributed by atoms with Gasteiger partial charge in [-0.05, 0) is 54.3 Å². The average molecular weight is 268 g/mol. The van der Waals surface area contributed by atoms with Gasteiger partial charge in [0, 0.05) is 16.9 Å². The maximum atomic E-state index is 12.2. The van der Waals surface area contributed by atoms with Crippen LogP contribution in [-0.4, -0.2) is 5.91 Å². The number of hydrogen-bond acceptors (Lipinski definition) is 2. The van der Waals surface area contributed by atoms with Crippen LogP contribution < -0.4 is 11.1 Å². The van der Waals surface area contributed by atoms with E-state index in [0.29, 0.717) is 17.2 Å². The fourth-order valence-corrected chi connectivity index (χ4v) is 2.10. The van der Waals surface area contributed by atoms with E-state index in [4.69, 9.17) is 5.73 Å². The third-order valence-corrected chi connectivity index (χ3v) is 3.20. The molecule has 0 radical (unpaired) electrons. The Balaban J connectivity index is 2.14. The molecule has 0 aliphatic heterocycles. The second-order valence-corrected chi connectivity index (χ2v) is 5.36. The lowest BCUT2D eigenvalue weighted by Gasteiger charge is -2.09. The number of carbonyl (C=O) groups is 1. The molecule has 3 N–H and O–H groups in total. The molecular formula is C17H20N2O. The van der Waals surface area contributed by atoms with Crippen molar-refractivity contribution >= 4 is 17.3 Å². The Kier molecular flexibility index (Phi) is 4.08. The highest BCUT2D eigenvalue weighted by Crippen LogP contribution is 2.18. The topological polar surface area (TPSA) is 55.1 Å². The number of nitrogens with two attached hydrogens (primary N) is 1. The van der Waals surface area contributed by atoms with Crippen molar-refractivity contribution in [3.05, 3.63) is 59.2 Å². The molecule has 2 aromatic rings. The van der Waals surface area contributed by atoms with Gasteiger partial charge in [-0.1, -0.05) is 26.0 Å². The van der Waals surface area contributed by atoms with E-state index in [1.165, 1.54) is 5.56 Å². The smallest absolute Gasteiger partial charge is 0.255 e. The van der Waals surface area contributed by atoms with Crippen molar-refractivity contribution in [1.82, 2.24) is 0 Å². The Morgan fingerprint density at radius 3 is 2.30 bits per heavy atom. The summed E-state index contributed by atoms with van der Waals surface area (Å²) in [4.78, 5) is 12.2. The fraction of sp³-hybridized carbons (Fsp3) is 0.235. The highest BCUT2D eigenvalue weighted by atomic mass is 16.1. The molecule has 2 rings (SSSR count). The Labute approximate surface area is 119 Å². The van der Waals surface area contributed by atoms with Gasteiger partial charge in [0.25, 0.3) is 5.91 Å². The lowest BCUT2D eigenvalue weighted by Crippen LogP contribution is -2.12. The zero-order valence-corrected chi connectivity index (χ0v) is 12.1. The van der Waals surface area contributed by atoms with Crippen LogP contribution in [0.1, 0.15) is 41.3 Å². The zero-order valence-electron chi connectivity index (χ0n) is 12.1. The molecule has 0 aromatic heterocycles. The van der Waals surface area contributed by atoms with Gasteiger partial charge in [0.05, 0.1) is 0 Å². The summed E-state index contributed by atoms with van der Waals surface area (Å²) in [6, 6.07) is 13.3. The predicted molar refractivity (Wildman–Crippen MR) is 84.1 cm³/mol. The molecule has 3 nitrogen and oxygen atoms in total. The van der Waals surface area contributed by atoms with E-state index in [2.05, 4.69) is 19.2 Å². The summed E-state index contributed by atoms with van der Waals surface area (Å²) in [5.41, 5.74) is 9.97. The lowest BCUT2D eigenvalue weighted by molar-refractivity contribution is 0.102. The number of aryl methyl sites for hydroxylation is 1. The predicted octanol–water partition coefficient (Wildman–Crippen LogP) is 3.95. The molecule has 0 bridgehead atoms. The van der Waals surface area contributed by atoms with E-state index in [0.717, 1.165) is 11.3 Å². The van der Waals surface area contributed by atoms with Gasteiger partial charge in [-0.25, -0.2) is 0 Å². The van der Waals surface area contributed by atoms with E-state index in [1.807, 2.05) is 43.3 Å². The Morgan fingerprint density at radius 2 is 1.75 bits per heavy atom. The van der Waals surface area contributed by atoms with Gasteiger partial charge in [-0.3, -0.25) is 4.79 Å². The maximum absolute atomic E-state index is 12.2. The van der Waals surface area contributed by atoms with Crippen LogP contribution in [0.15, 0.2) is 42.5 Å². The van der Waals surface area contributed by atoms with Crippen LogP contribution in [-0.2, 0) is 0 Å². The first-order chi connectivity index (χ1) is 9.45. The number of benzene rings is 2. The molecule has 2 aromatic carbocycles. The van der Waals surface area contributed by atoms with Gasteiger partial charge in [0.2, 0.25) is 0 Å². The van der Waals surface area contributed by atoms with Crippen LogP contribution in [0.3, 0.4) is 0 Å². The highest BCUT2D eigenvalue weighted by Gasteiger charge is 2.08. The molecule has 0 aliphatic rings. The van der Waals surface area contributed by atoms with Crippen molar-refractivity contribution in [1.29, 1.82) is 0 Å². The summed E-state index contributed by atoms with van der Waals surface area (Å²) in [6.07, 6.45) is 0. The van der Waals surface area contributed by atoms with Crippen molar-refractivity contribution in [3.8, 4) is 0 Å². The quantitative estimate of drug-likeness (QED) is 0.828. The largest absolute Gasteiger partial charge is 0.399 e. The molecule has 0 heterocycles. The SMILES string of the molecule is Cc1cc(N)cc(C(=O)Nc2ccc(C(C)C)cc2)c1. The summed E-state index contributed by atoms with van der Waals surface area (Å²) in [6.45, 7) is 6.21. The minimum absolute atomic E-state index is 0.141. The van der Waals surface area contributed by atoms with Gasteiger partial charge < -0.3 is 11.1 Å². The molecular weight excluding hydrogens is 248 g/mol. The normalized spacial score (nSPS) is 10.6. The van der Waals surface area contributed by atoms with Crippen molar-refractivity contribution in [2.45, 2.75) is 26.7 Å². The molecule has 104 valence electrons. The Bertz CT molecular complexity index is 595. The second kappa shape index (κ2) is 5.78. The first-order valence-electron chi connectivity index (χ1n) is 6.74. The number of nitrogen functional groups attached to an aromatic ring is 1. The van der Waals surface area contributed by atoms with Gasteiger partial charge in [0.1, 0.15) is 0 Å². The van der Waals surface area contributed by atoms with Gasteiger partial charge in [0.15, 0.2) is 0 Å². The summed E-state index contributed by atoms with van der Waals surface area (Å²) in [5.74, 6) is 0.342. The minimum atomic E-state index is -0.141. The van der Waals surface area contributed by atoms with Crippen molar-refractivity contribution < 1.29 is 4.79 Å². The number of rotatable bonds is 3. The van der Waals surface area contributed by atoms with Crippen molar-refractivity contribution in [3.63, 3.8) is 0 Å². The standard InChI is InChI=1S/C17H20N2O/c1-11(2)13-4-6-16(7-5-13)19-17(20)14-8-12(3)9-15(18)10-14/h4-11H,18H2,1-3H3,(H,19,20). The number of carbonyl (C=O) groups excluding carboxylic acids is 1. The molecule has 0 aliphatic carbocycles. The summed E-state index contributed by atoms with van der Waals surface area (Å²) < 4.78 is 0. The second-order valence-electron chi connectivity index (χ2n) is 5.36. The monoisotopic (exact) mass is 268 g/mol. The zero-order chi connectivity index (χ0) is 14.7. The number of nitrogens with one attached hydrogen (secondary N) is 1. The summed E-state index contributed by atoms with van der Waals surface area (Å²) in [5, 5.41) is 2.88. The lowest BCUT2D eigenvalue weighted by atomic mass is 10.0. The van der Waals surface area contributed by atoms with E-state index in [-0.39, 0.29) is 5.91 Å². The molecule has 0 spiro atoms. The van der Waals surface area contributed by atoms with Crippen LogP contribution in [0.2, 0.25) is 0 Å². The molecule has 0 atom stereocenters. The number of hydrogen-bond donors (Lipinski definition) is 2. The van der Waals surface area contributed by atoms with E-state index >= 15 is 0 Å². The van der Waals surface area contributed by atoms with Crippen LogP contribution in [0.4, 0.5) is 11.4 Å². The van der Waals surface area contributed by atoms with Crippen LogP contribution in [0.25, 0.3) is 0 Å². The van der Waals surface area contributed by atoms with E-state index < -0.39 is 0 Å². The number of amides is 1. The Morgan fingerprint density at radius 1 is 1.10 bits per heavy atom. The summed E-state index contributed by atoms with van der Waals surface area (Å²) >= 11 is 0. The maximum Gasteiger partial charge on any atom is 0.255 e. The molecule has 1 amide bonds. The number of anilines is 2.